The number of carbonyl (C=O) groups is 1. The molecule has 2 aliphatic heterocycles. The Hall–Kier alpha value is -1.60. The second-order valence-corrected chi connectivity index (χ2v) is 6.85. The minimum absolute atomic E-state index is 0.0743. The molecule has 0 saturated carbocycles. The Morgan fingerprint density at radius 2 is 2.00 bits per heavy atom. The number of likely N-dealkylation sites (tertiary alicyclic amines) is 1. The number of hydrogen-bond acceptors (Lipinski definition) is 5. The third-order valence-corrected chi connectivity index (χ3v) is 5.28. The van der Waals surface area contributed by atoms with Gasteiger partial charge >= 0.3 is 0 Å². The number of benzene rings is 1. The minimum atomic E-state index is -0.418. The van der Waals surface area contributed by atoms with E-state index in [0.29, 0.717) is 17.8 Å². The van der Waals surface area contributed by atoms with Crippen molar-refractivity contribution in [3.63, 3.8) is 0 Å². The van der Waals surface area contributed by atoms with Crippen LogP contribution in [0, 0.1) is 10.1 Å². The molecule has 0 aromatic heterocycles. The predicted octanol–water partition coefficient (Wildman–Crippen LogP) is 2.04. The lowest BCUT2D eigenvalue weighted by molar-refractivity contribution is -0.384. The van der Waals surface area contributed by atoms with Crippen LogP contribution in [0.25, 0.3) is 0 Å². The van der Waals surface area contributed by atoms with Crippen LogP contribution < -0.4 is 5.32 Å². The standard InChI is InChI=1S/C15H19N3O3S/c19-15(17-8-7-11-1-2-12(9-17)16-11)10-22-14-5-3-13(4-6-14)18(20)21/h3-6,11-12,16H,1-2,7-10H2. The number of nitro groups is 1. The van der Waals surface area contributed by atoms with Crippen molar-refractivity contribution in [1.29, 1.82) is 0 Å². The van der Waals surface area contributed by atoms with Gasteiger partial charge in [0.1, 0.15) is 0 Å². The van der Waals surface area contributed by atoms with Gasteiger partial charge in [-0.2, -0.15) is 0 Å². The monoisotopic (exact) mass is 321 g/mol. The number of nitrogens with zero attached hydrogens (tertiary/aromatic N) is 2. The van der Waals surface area contributed by atoms with E-state index in [1.54, 1.807) is 12.1 Å². The first-order chi connectivity index (χ1) is 10.6. The summed E-state index contributed by atoms with van der Waals surface area (Å²) in [6.45, 7) is 1.63. The molecule has 1 aromatic carbocycles. The van der Waals surface area contributed by atoms with Gasteiger partial charge < -0.3 is 10.2 Å². The van der Waals surface area contributed by atoms with E-state index in [1.807, 2.05) is 4.90 Å². The number of thioether (sulfide) groups is 1. The number of nitrogens with one attached hydrogen (secondary N) is 1. The van der Waals surface area contributed by atoms with E-state index in [-0.39, 0.29) is 11.6 Å². The molecule has 2 heterocycles. The van der Waals surface area contributed by atoms with Gasteiger partial charge in [0.15, 0.2) is 0 Å². The number of rotatable bonds is 4. The number of nitro benzene ring substituents is 1. The Balaban J connectivity index is 1.52. The molecule has 0 aliphatic carbocycles. The van der Waals surface area contributed by atoms with Crippen LogP contribution in [0.1, 0.15) is 19.3 Å². The van der Waals surface area contributed by atoms with E-state index in [2.05, 4.69) is 5.32 Å². The zero-order chi connectivity index (χ0) is 15.5. The van der Waals surface area contributed by atoms with Crippen LogP contribution in [0.5, 0.6) is 0 Å². The van der Waals surface area contributed by atoms with E-state index in [0.717, 1.165) is 30.8 Å². The molecule has 3 rings (SSSR count). The van der Waals surface area contributed by atoms with Crippen molar-refractivity contribution in [3.05, 3.63) is 34.4 Å². The molecule has 2 saturated heterocycles. The lowest BCUT2D eigenvalue weighted by atomic mass is 10.1. The van der Waals surface area contributed by atoms with Crippen LogP contribution in [0.3, 0.4) is 0 Å². The fourth-order valence-corrected chi connectivity index (χ4v) is 3.87. The van der Waals surface area contributed by atoms with Gasteiger partial charge in [-0.25, -0.2) is 0 Å². The topological polar surface area (TPSA) is 75.5 Å². The Morgan fingerprint density at radius 3 is 2.73 bits per heavy atom. The quantitative estimate of drug-likeness (QED) is 0.522. The van der Waals surface area contributed by atoms with Crippen molar-refractivity contribution < 1.29 is 9.72 Å². The number of non-ortho nitro benzene ring substituents is 1. The first kappa shape index (κ1) is 15.3. The third-order valence-electron chi connectivity index (χ3n) is 4.29. The summed E-state index contributed by atoms with van der Waals surface area (Å²) in [5.74, 6) is 0.535. The first-order valence-electron chi connectivity index (χ1n) is 7.53. The Morgan fingerprint density at radius 1 is 1.27 bits per heavy atom. The fraction of sp³-hybridized carbons (Fsp3) is 0.533. The van der Waals surface area contributed by atoms with Crippen molar-refractivity contribution >= 4 is 23.4 Å². The van der Waals surface area contributed by atoms with Crippen LogP contribution in [-0.2, 0) is 4.79 Å². The highest BCUT2D eigenvalue weighted by atomic mass is 32.2. The minimum Gasteiger partial charge on any atom is -0.340 e. The molecule has 1 aromatic rings. The number of fused-ring (bicyclic) bond motifs is 2. The van der Waals surface area contributed by atoms with E-state index in [9.17, 15) is 14.9 Å². The summed E-state index contributed by atoms with van der Waals surface area (Å²) < 4.78 is 0. The van der Waals surface area contributed by atoms with Crippen molar-refractivity contribution in [2.45, 2.75) is 36.2 Å². The van der Waals surface area contributed by atoms with Gasteiger partial charge in [0, 0.05) is 42.2 Å². The highest BCUT2D eigenvalue weighted by Gasteiger charge is 2.30. The lowest BCUT2D eigenvalue weighted by Gasteiger charge is -2.24. The van der Waals surface area contributed by atoms with Gasteiger partial charge in [-0.15, -0.1) is 11.8 Å². The maximum absolute atomic E-state index is 12.3. The van der Waals surface area contributed by atoms with Crippen molar-refractivity contribution in [2.75, 3.05) is 18.8 Å². The van der Waals surface area contributed by atoms with Gasteiger partial charge in [-0.1, -0.05) is 0 Å². The normalized spacial score (nSPS) is 24.1. The van der Waals surface area contributed by atoms with Crippen LogP contribution in [0.15, 0.2) is 29.2 Å². The zero-order valence-electron chi connectivity index (χ0n) is 12.2. The summed E-state index contributed by atoms with van der Waals surface area (Å²) >= 11 is 1.44. The molecule has 1 amide bonds. The van der Waals surface area contributed by atoms with Gasteiger partial charge in [0.05, 0.1) is 10.7 Å². The van der Waals surface area contributed by atoms with Crippen LogP contribution in [0.4, 0.5) is 5.69 Å². The number of hydrogen-bond donors (Lipinski definition) is 1. The van der Waals surface area contributed by atoms with E-state index < -0.39 is 4.92 Å². The zero-order valence-corrected chi connectivity index (χ0v) is 13.1. The summed E-state index contributed by atoms with van der Waals surface area (Å²) in [4.78, 5) is 25.4. The van der Waals surface area contributed by atoms with Gasteiger partial charge in [-0.3, -0.25) is 14.9 Å². The summed E-state index contributed by atoms with van der Waals surface area (Å²) in [5, 5.41) is 14.2. The van der Waals surface area contributed by atoms with E-state index in [4.69, 9.17) is 0 Å². The molecule has 2 atom stereocenters. The predicted molar refractivity (Wildman–Crippen MR) is 85.0 cm³/mol. The van der Waals surface area contributed by atoms with Crippen molar-refractivity contribution in [3.8, 4) is 0 Å². The second-order valence-electron chi connectivity index (χ2n) is 5.81. The molecule has 0 radical (unpaired) electrons. The lowest BCUT2D eigenvalue weighted by Crippen LogP contribution is -2.39. The van der Waals surface area contributed by atoms with Gasteiger partial charge in [-0.05, 0) is 31.4 Å². The molecule has 2 bridgehead atoms. The van der Waals surface area contributed by atoms with Gasteiger partial charge in [0.25, 0.3) is 5.69 Å². The van der Waals surface area contributed by atoms with Crippen LogP contribution in [0.2, 0.25) is 0 Å². The number of carbonyl (C=O) groups excluding carboxylic acids is 1. The molecule has 2 aliphatic rings. The molecule has 0 spiro atoms. The average molecular weight is 321 g/mol. The third kappa shape index (κ3) is 3.59. The van der Waals surface area contributed by atoms with Gasteiger partial charge in [0.2, 0.25) is 5.91 Å². The molecular formula is C15H19N3O3S. The Kier molecular flexibility index (Phi) is 4.63. The Labute approximate surface area is 133 Å². The van der Waals surface area contributed by atoms with Crippen LogP contribution in [-0.4, -0.2) is 46.7 Å². The van der Waals surface area contributed by atoms with E-state index in [1.165, 1.54) is 30.3 Å². The number of amides is 1. The maximum Gasteiger partial charge on any atom is 0.269 e. The highest BCUT2D eigenvalue weighted by molar-refractivity contribution is 8.00. The largest absolute Gasteiger partial charge is 0.340 e. The molecule has 6 nitrogen and oxygen atoms in total. The molecule has 1 N–H and O–H groups in total. The fourth-order valence-electron chi connectivity index (χ4n) is 3.07. The molecule has 2 fully saturated rings. The molecule has 22 heavy (non-hydrogen) atoms. The summed E-state index contributed by atoms with van der Waals surface area (Å²) in [6, 6.07) is 7.36. The Bertz CT molecular complexity index is 564. The first-order valence-corrected chi connectivity index (χ1v) is 8.51. The highest BCUT2D eigenvalue weighted by Crippen LogP contribution is 2.24. The molecular weight excluding hydrogens is 302 g/mol. The summed E-state index contributed by atoms with van der Waals surface area (Å²) in [6.07, 6.45) is 3.42. The molecule has 2 unspecified atom stereocenters. The van der Waals surface area contributed by atoms with Crippen LogP contribution >= 0.6 is 11.8 Å². The van der Waals surface area contributed by atoms with E-state index >= 15 is 0 Å². The molecule has 7 heteroatoms. The maximum atomic E-state index is 12.3. The molecule has 118 valence electrons. The summed E-state index contributed by atoms with van der Waals surface area (Å²) in [5.41, 5.74) is 0.0743. The SMILES string of the molecule is O=C(CSc1ccc([N+](=O)[O-])cc1)N1CCC2CCC(C1)N2. The smallest absolute Gasteiger partial charge is 0.269 e. The second kappa shape index (κ2) is 6.66. The van der Waals surface area contributed by atoms with Crippen molar-refractivity contribution in [2.24, 2.45) is 0 Å². The summed E-state index contributed by atoms with van der Waals surface area (Å²) in [7, 11) is 0. The van der Waals surface area contributed by atoms with Crippen molar-refractivity contribution in [1.82, 2.24) is 10.2 Å². The average Bonchev–Trinajstić information content (AvgIpc) is 2.84.